The fourth-order valence-electron chi connectivity index (χ4n) is 5.47. The van der Waals surface area contributed by atoms with Gasteiger partial charge in [0.2, 0.25) is 0 Å². The molecule has 0 unspecified atom stereocenters. The highest BCUT2D eigenvalue weighted by atomic mass is 16.5. The fourth-order valence-corrected chi connectivity index (χ4v) is 5.47. The van der Waals surface area contributed by atoms with Crippen LogP contribution < -0.4 is 0 Å². The molecular formula is C22H42O2. The zero-order valence-electron chi connectivity index (χ0n) is 16.6. The Morgan fingerprint density at radius 3 is 1.79 bits per heavy atom. The van der Waals surface area contributed by atoms with Gasteiger partial charge in [-0.25, -0.2) is 0 Å². The van der Waals surface area contributed by atoms with Crippen molar-refractivity contribution in [3.63, 3.8) is 0 Å². The van der Waals surface area contributed by atoms with Gasteiger partial charge in [-0.3, -0.25) is 0 Å². The van der Waals surface area contributed by atoms with Crippen LogP contribution in [-0.2, 0) is 9.47 Å². The lowest BCUT2D eigenvalue weighted by Crippen LogP contribution is -2.31. The molecule has 0 atom stereocenters. The van der Waals surface area contributed by atoms with E-state index in [0.717, 1.165) is 36.9 Å². The van der Waals surface area contributed by atoms with Gasteiger partial charge in [-0.15, -0.1) is 0 Å². The first-order chi connectivity index (χ1) is 11.8. The number of hydrogen-bond donors (Lipinski definition) is 0. The molecule has 0 aromatic heterocycles. The molecule has 2 rings (SSSR count). The van der Waals surface area contributed by atoms with E-state index < -0.39 is 0 Å². The van der Waals surface area contributed by atoms with Crippen molar-refractivity contribution in [2.75, 3.05) is 27.4 Å². The highest BCUT2D eigenvalue weighted by Crippen LogP contribution is 2.43. The van der Waals surface area contributed by atoms with Crippen LogP contribution in [0.4, 0.5) is 0 Å². The first-order valence-corrected chi connectivity index (χ1v) is 10.8. The molecule has 2 aliphatic rings. The second-order valence-electron chi connectivity index (χ2n) is 8.62. The molecule has 0 bridgehead atoms. The molecule has 0 radical (unpaired) electrons. The van der Waals surface area contributed by atoms with E-state index in [1.54, 1.807) is 0 Å². The van der Waals surface area contributed by atoms with E-state index in [9.17, 15) is 0 Å². The Morgan fingerprint density at radius 2 is 1.29 bits per heavy atom. The van der Waals surface area contributed by atoms with Crippen LogP contribution in [0.1, 0.15) is 84.0 Å². The summed E-state index contributed by atoms with van der Waals surface area (Å²) in [6.07, 6.45) is 17.6. The van der Waals surface area contributed by atoms with Gasteiger partial charge in [-0.1, -0.05) is 45.4 Å². The average Bonchev–Trinajstić information content (AvgIpc) is 2.63. The second-order valence-corrected chi connectivity index (χ2v) is 8.62. The van der Waals surface area contributed by atoms with Gasteiger partial charge < -0.3 is 9.47 Å². The molecule has 0 heterocycles. The van der Waals surface area contributed by atoms with Crippen molar-refractivity contribution < 1.29 is 9.47 Å². The molecule has 2 fully saturated rings. The minimum absolute atomic E-state index is 0.607. The zero-order valence-corrected chi connectivity index (χ0v) is 16.6. The molecule has 142 valence electrons. The van der Waals surface area contributed by atoms with Crippen LogP contribution in [0.2, 0.25) is 0 Å². The van der Waals surface area contributed by atoms with E-state index >= 15 is 0 Å². The first-order valence-electron chi connectivity index (χ1n) is 10.8. The summed E-state index contributed by atoms with van der Waals surface area (Å²) in [5.74, 6) is 4.54. The summed E-state index contributed by atoms with van der Waals surface area (Å²) in [5.41, 5.74) is 0. The SMILES string of the molecule is CCCCCC1CCC(C2CCC(C(COC)COC)CC2)CC1. The molecule has 0 aromatic carbocycles. The third kappa shape index (κ3) is 6.33. The minimum atomic E-state index is 0.607. The van der Waals surface area contributed by atoms with Crippen molar-refractivity contribution >= 4 is 0 Å². The molecule has 0 spiro atoms. The van der Waals surface area contributed by atoms with Crippen molar-refractivity contribution in [2.45, 2.75) is 84.0 Å². The summed E-state index contributed by atoms with van der Waals surface area (Å²) in [6.45, 7) is 4.05. The van der Waals surface area contributed by atoms with Crippen LogP contribution in [-0.4, -0.2) is 27.4 Å². The van der Waals surface area contributed by atoms with Gasteiger partial charge in [-0.05, 0) is 62.2 Å². The van der Waals surface area contributed by atoms with Crippen LogP contribution >= 0.6 is 0 Å². The van der Waals surface area contributed by atoms with Gasteiger partial charge in [0.25, 0.3) is 0 Å². The second kappa shape index (κ2) is 11.5. The Morgan fingerprint density at radius 1 is 0.750 bits per heavy atom. The number of methoxy groups -OCH3 is 2. The van der Waals surface area contributed by atoms with E-state index in [2.05, 4.69) is 6.92 Å². The molecule has 0 aliphatic heterocycles. The van der Waals surface area contributed by atoms with Crippen LogP contribution in [0.15, 0.2) is 0 Å². The predicted octanol–water partition coefficient (Wildman–Crippen LogP) is 6.09. The minimum Gasteiger partial charge on any atom is -0.384 e. The van der Waals surface area contributed by atoms with E-state index in [1.165, 1.54) is 77.0 Å². The third-order valence-electron chi connectivity index (χ3n) is 7.02. The topological polar surface area (TPSA) is 18.5 Å². The standard InChI is InChI=1S/C22H42O2/c1-4-5-6-7-18-8-10-19(11-9-18)20-12-14-21(15-13-20)22(16-23-2)17-24-3/h18-22H,4-17H2,1-3H3. The summed E-state index contributed by atoms with van der Waals surface area (Å²) < 4.78 is 10.8. The Kier molecular flexibility index (Phi) is 9.71. The molecule has 2 saturated carbocycles. The number of ether oxygens (including phenoxy) is 2. The largest absolute Gasteiger partial charge is 0.384 e. The van der Waals surface area contributed by atoms with Gasteiger partial charge in [0.05, 0.1) is 13.2 Å². The van der Waals surface area contributed by atoms with Crippen LogP contribution in [0.3, 0.4) is 0 Å². The third-order valence-corrected chi connectivity index (χ3v) is 7.02. The predicted molar refractivity (Wildman–Crippen MR) is 102 cm³/mol. The molecule has 0 amide bonds. The molecule has 0 saturated heterocycles. The molecule has 2 heteroatoms. The maximum absolute atomic E-state index is 5.42. The number of rotatable bonds is 10. The summed E-state index contributed by atoms with van der Waals surface area (Å²) in [5, 5.41) is 0. The molecule has 0 aromatic rings. The lowest BCUT2D eigenvalue weighted by Gasteiger charge is -2.39. The maximum atomic E-state index is 5.42. The van der Waals surface area contributed by atoms with Gasteiger partial charge in [-0.2, -0.15) is 0 Å². The summed E-state index contributed by atoms with van der Waals surface area (Å²) in [4.78, 5) is 0. The van der Waals surface area contributed by atoms with Crippen LogP contribution in [0, 0.1) is 29.6 Å². The number of hydrogen-bond acceptors (Lipinski definition) is 2. The van der Waals surface area contributed by atoms with Gasteiger partial charge in [0, 0.05) is 20.1 Å². The van der Waals surface area contributed by atoms with E-state index in [0.29, 0.717) is 5.92 Å². The zero-order chi connectivity index (χ0) is 17.2. The Labute approximate surface area is 151 Å². The molecule has 24 heavy (non-hydrogen) atoms. The lowest BCUT2D eigenvalue weighted by molar-refractivity contribution is 0.0303. The number of unbranched alkanes of at least 4 members (excludes halogenated alkanes) is 2. The van der Waals surface area contributed by atoms with Crippen molar-refractivity contribution in [3.8, 4) is 0 Å². The summed E-state index contributed by atoms with van der Waals surface area (Å²) in [6, 6.07) is 0. The summed E-state index contributed by atoms with van der Waals surface area (Å²) >= 11 is 0. The summed E-state index contributed by atoms with van der Waals surface area (Å²) in [7, 11) is 3.65. The normalized spacial score (nSPS) is 31.5. The van der Waals surface area contributed by atoms with E-state index in [4.69, 9.17) is 9.47 Å². The average molecular weight is 339 g/mol. The van der Waals surface area contributed by atoms with Crippen molar-refractivity contribution in [1.82, 2.24) is 0 Å². The monoisotopic (exact) mass is 338 g/mol. The lowest BCUT2D eigenvalue weighted by atomic mass is 9.67. The van der Waals surface area contributed by atoms with E-state index in [-0.39, 0.29) is 0 Å². The van der Waals surface area contributed by atoms with Crippen LogP contribution in [0.25, 0.3) is 0 Å². The molecular weight excluding hydrogens is 296 g/mol. The van der Waals surface area contributed by atoms with Crippen molar-refractivity contribution in [3.05, 3.63) is 0 Å². The molecule has 2 nitrogen and oxygen atoms in total. The van der Waals surface area contributed by atoms with Gasteiger partial charge >= 0.3 is 0 Å². The molecule has 2 aliphatic carbocycles. The van der Waals surface area contributed by atoms with Gasteiger partial charge in [0.15, 0.2) is 0 Å². The molecule has 0 N–H and O–H groups in total. The highest BCUT2D eigenvalue weighted by molar-refractivity contribution is 4.84. The van der Waals surface area contributed by atoms with Gasteiger partial charge in [0.1, 0.15) is 0 Å². The van der Waals surface area contributed by atoms with Crippen molar-refractivity contribution in [1.29, 1.82) is 0 Å². The highest BCUT2D eigenvalue weighted by Gasteiger charge is 2.33. The Balaban J connectivity index is 1.67. The fraction of sp³-hybridized carbons (Fsp3) is 1.00. The Hall–Kier alpha value is -0.0800. The van der Waals surface area contributed by atoms with Crippen molar-refractivity contribution in [2.24, 2.45) is 29.6 Å². The maximum Gasteiger partial charge on any atom is 0.0515 e. The quantitative estimate of drug-likeness (QED) is 0.449. The smallest absolute Gasteiger partial charge is 0.0515 e. The Bertz CT molecular complexity index is 295. The van der Waals surface area contributed by atoms with E-state index in [1.807, 2.05) is 14.2 Å². The first kappa shape index (κ1) is 20.2. The van der Waals surface area contributed by atoms with Crippen LogP contribution in [0.5, 0.6) is 0 Å².